The summed E-state index contributed by atoms with van der Waals surface area (Å²) in [5, 5.41) is 8.09. The summed E-state index contributed by atoms with van der Waals surface area (Å²) < 4.78 is 0. The summed E-state index contributed by atoms with van der Waals surface area (Å²) in [6.45, 7) is 1.17. The highest BCUT2D eigenvalue weighted by Crippen LogP contribution is 2.25. The number of nitrogens with zero attached hydrogens (tertiary/aromatic N) is 1. The molecule has 6 heteroatoms. The Balaban J connectivity index is 1.26. The molecule has 1 atom stereocenters. The van der Waals surface area contributed by atoms with Gasteiger partial charge in [-0.2, -0.15) is 0 Å². The molecule has 0 spiro atoms. The number of benzene rings is 3. The molecule has 162 valence electrons. The van der Waals surface area contributed by atoms with Crippen LogP contribution in [-0.2, 0) is 11.2 Å². The molecule has 0 aliphatic carbocycles. The predicted octanol–water partition coefficient (Wildman–Crippen LogP) is 3.76. The Hall–Kier alpha value is -3.67. The van der Waals surface area contributed by atoms with Crippen molar-refractivity contribution >= 4 is 34.2 Å². The van der Waals surface area contributed by atoms with E-state index >= 15 is 0 Å². The van der Waals surface area contributed by atoms with E-state index < -0.39 is 0 Å². The van der Waals surface area contributed by atoms with Crippen LogP contribution in [0.4, 0.5) is 5.69 Å². The lowest BCUT2D eigenvalue weighted by Gasteiger charge is -2.33. The number of carbonyl (C=O) groups is 3. The van der Waals surface area contributed by atoms with Crippen molar-refractivity contribution in [1.29, 1.82) is 0 Å². The van der Waals surface area contributed by atoms with Crippen LogP contribution in [0.1, 0.15) is 45.5 Å². The molecule has 2 N–H and O–H groups in total. The Kier molecular flexibility index (Phi) is 5.35. The SMILES string of the molecule is O=C1CCc2cc(C(=O)N3CCCC(NC(=O)c4ccc5ccccc5c4)C3)ccc2N1. The number of anilines is 1. The van der Waals surface area contributed by atoms with E-state index in [4.69, 9.17) is 0 Å². The molecule has 0 saturated carbocycles. The van der Waals surface area contributed by atoms with E-state index in [1.807, 2.05) is 59.5 Å². The van der Waals surface area contributed by atoms with E-state index in [0.29, 0.717) is 37.1 Å². The zero-order valence-corrected chi connectivity index (χ0v) is 17.8. The van der Waals surface area contributed by atoms with E-state index in [1.54, 1.807) is 6.07 Å². The summed E-state index contributed by atoms with van der Waals surface area (Å²) in [6.07, 6.45) is 2.78. The number of amides is 3. The van der Waals surface area contributed by atoms with Crippen LogP contribution in [0, 0.1) is 0 Å². The highest BCUT2D eigenvalue weighted by Gasteiger charge is 2.27. The molecule has 2 heterocycles. The van der Waals surface area contributed by atoms with Crippen LogP contribution in [-0.4, -0.2) is 41.8 Å². The van der Waals surface area contributed by atoms with Gasteiger partial charge in [0.15, 0.2) is 0 Å². The molecule has 1 fully saturated rings. The second kappa shape index (κ2) is 8.46. The third kappa shape index (κ3) is 4.08. The number of piperidine rings is 1. The summed E-state index contributed by atoms with van der Waals surface area (Å²) in [5.41, 5.74) is 3.04. The number of carbonyl (C=O) groups excluding carboxylic acids is 3. The van der Waals surface area contributed by atoms with E-state index in [-0.39, 0.29) is 23.8 Å². The van der Waals surface area contributed by atoms with E-state index in [9.17, 15) is 14.4 Å². The van der Waals surface area contributed by atoms with Gasteiger partial charge >= 0.3 is 0 Å². The Morgan fingerprint density at radius 1 is 0.938 bits per heavy atom. The zero-order chi connectivity index (χ0) is 22.1. The number of likely N-dealkylation sites (tertiary alicyclic amines) is 1. The Labute approximate surface area is 186 Å². The van der Waals surface area contributed by atoms with Gasteiger partial charge in [-0.25, -0.2) is 0 Å². The largest absolute Gasteiger partial charge is 0.348 e. The normalized spacial score (nSPS) is 18.1. The maximum absolute atomic E-state index is 13.1. The summed E-state index contributed by atoms with van der Waals surface area (Å²) in [7, 11) is 0. The maximum Gasteiger partial charge on any atom is 0.253 e. The molecule has 0 aromatic heterocycles. The molecule has 2 aliphatic rings. The summed E-state index contributed by atoms with van der Waals surface area (Å²) in [6, 6.07) is 19.0. The lowest BCUT2D eigenvalue weighted by Crippen LogP contribution is -2.49. The van der Waals surface area contributed by atoms with Crippen molar-refractivity contribution in [2.75, 3.05) is 18.4 Å². The van der Waals surface area contributed by atoms with Crippen LogP contribution in [0.25, 0.3) is 10.8 Å². The van der Waals surface area contributed by atoms with Gasteiger partial charge in [-0.1, -0.05) is 30.3 Å². The molecular formula is C26H25N3O3. The van der Waals surface area contributed by atoms with Crippen LogP contribution in [0.2, 0.25) is 0 Å². The molecule has 1 saturated heterocycles. The van der Waals surface area contributed by atoms with Crippen molar-refractivity contribution in [3.8, 4) is 0 Å². The Bertz CT molecular complexity index is 1220. The van der Waals surface area contributed by atoms with E-state index in [0.717, 1.165) is 34.9 Å². The van der Waals surface area contributed by atoms with Gasteiger partial charge in [0, 0.05) is 42.4 Å². The molecule has 3 aromatic rings. The van der Waals surface area contributed by atoms with Crippen molar-refractivity contribution in [3.63, 3.8) is 0 Å². The third-order valence-corrected chi connectivity index (χ3v) is 6.30. The smallest absolute Gasteiger partial charge is 0.253 e. The van der Waals surface area contributed by atoms with Crippen LogP contribution >= 0.6 is 0 Å². The molecule has 3 aromatic carbocycles. The average molecular weight is 428 g/mol. The second-order valence-corrected chi connectivity index (χ2v) is 8.55. The molecular weight excluding hydrogens is 402 g/mol. The van der Waals surface area contributed by atoms with Gasteiger partial charge in [-0.3, -0.25) is 14.4 Å². The van der Waals surface area contributed by atoms with Gasteiger partial charge in [-0.05, 0) is 65.9 Å². The first kappa shape index (κ1) is 20.2. The summed E-state index contributed by atoms with van der Waals surface area (Å²) in [5.74, 6) is -0.133. The predicted molar refractivity (Wildman–Crippen MR) is 124 cm³/mol. The lowest BCUT2D eigenvalue weighted by atomic mass is 9.98. The molecule has 2 aliphatic heterocycles. The first-order valence-corrected chi connectivity index (χ1v) is 11.1. The third-order valence-electron chi connectivity index (χ3n) is 6.30. The van der Waals surface area contributed by atoms with Crippen LogP contribution < -0.4 is 10.6 Å². The minimum atomic E-state index is -0.112. The number of aryl methyl sites for hydroxylation is 1. The van der Waals surface area contributed by atoms with Crippen molar-refractivity contribution < 1.29 is 14.4 Å². The minimum Gasteiger partial charge on any atom is -0.348 e. The fourth-order valence-corrected chi connectivity index (χ4v) is 4.58. The lowest BCUT2D eigenvalue weighted by molar-refractivity contribution is -0.116. The maximum atomic E-state index is 13.1. The first-order valence-electron chi connectivity index (χ1n) is 11.1. The monoisotopic (exact) mass is 427 g/mol. The van der Waals surface area contributed by atoms with Gasteiger partial charge in [-0.15, -0.1) is 0 Å². The number of nitrogens with one attached hydrogen (secondary N) is 2. The van der Waals surface area contributed by atoms with Crippen molar-refractivity contribution in [2.24, 2.45) is 0 Å². The van der Waals surface area contributed by atoms with Crippen LogP contribution in [0.15, 0.2) is 60.7 Å². The van der Waals surface area contributed by atoms with Gasteiger partial charge < -0.3 is 15.5 Å². The van der Waals surface area contributed by atoms with Crippen LogP contribution in [0.3, 0.4) is 0 Å². The van der Waals surface area contributed by atoms with Gasteiger partial charge in [0.2, 0.25) is 5.91 Å². The van der Waals surface area contributed by atoms with Gasteiger partial charge in [0.1, 0.15) is 0 Å². The molecule has 5 rings (SSSR count). The summed E-state index contributed by atoms with van der Waals surface area (Å²) in [4.78, 5) is 39.3. The summed E-state index contributed by atoms with van der Waals surface area (Å²) >= 11 is 0. The van der Waals surface area contributed by atoms with E-state index in [2.05, 4.69) is 10.6 Å². The fourth-order valence-electron chi connectivity index (χ4n) is 4.58. The number of hydrogen-bond acceptors (Lipinski definition) is 3. The number of hydrogen-bond donors (Lipinski definition) is 2. The first-order chi connectivity index (χ1) is 15.6. The van der Waals surface area contributed by atoms with E-state index in [1.165, 1.54) is 0 Å². The molecule has 3 amide bonds. The molecule has 1 unspecified atom stereocenters. The Morgan fingerprint density at radius 3 is 2.62 bits per heavy atom. The standard InChI is InChI=1S/C26H25N3O3/c30-24-12-10-19-15-21(9-11-23(19)28-24)26(32)29-13-3-6-22(16-29)27-25(31)20-8-7-17-4-1-2-5-18(17)14-20/h1-2,4-5,7-9,11,14-15,22H,3,6,10,12-13,16H2,(H,27,31)(H,28,30). The molecule has 6 nitrogen and oxygen atoms in total. The average Bonchev–Trinajstić information content (AvgIpc) is 2.83. The molecule has 0 bridgehead atoms. The fraction of sp³-hybridized carbons (Fsp3) is 0.269. The molecule has 0 radical (unpaired) electrons. The van der Waals surface area contributed by atoms with Crippen molar-refractivity contribution in [2.45, 2.75) is 31.7 Å². The van der Waals surface area contributed by atoms with Gasteiger partial charge in [0.05, 0.1) is 0 Å². The second-order valence-electron chi connectivity index (χ2n) is 8.55. The minimum absolute atomic E-state index is 0.0117. The van der Waals surface area contributed by atoms with Gasteiger partial charge in [0.25, 0.3) is 11.8 Å². The Morgan fingerprint density at radius 2 is 1.75 bits per heavy atom. The topological polar surface area (TPSA) is 78.5 Å². The van der Waals surface area contributed by atoms with Crippen LogP contribution in [0.5, 0.6) is 0 Å². The van der Waals surface area contributed by atoms with Crippen molar-refractivity contribution in [1.82, 2.24) is 10.2 Å². The quantitative estimate of drug-likeness (QED) is 0.668. The number of fused-ring (bicyclic) bond motifs is 2. The van der Waals surface area contributed by atoms with Crippen molar-refractivity contribution in [3.05, 3.63) is 77.4 Å². The molecule has 32 heavy (non-hydrogen) atoms. The highest BCUT2D eigenvalue weighted by atomic mass is 16.2. The highest BCUT2D eigenvalue weighted by molar-refractivity contribution is 5.99. The zero-order valence-electron chi connectivity index (χ0n) is 17.8. The number of rotatable bonds is 3.